The Bertz CT molecular complexity index is 431. The van der Waals surface area contributed by atoms with Gasteiger partial charge in [-0.3, -0.25) is 4.79 Å². The molecule has 1 rings (SSSR count). The van der Waals surface area contributed by atoms with Crippen molar-refractivity contribution in [1.82, 2.24) is 0 Å². The van der Waals surface area contributed by atoms with Crippen molar-refractivity contribution < 1.29 is 32.9 Å². The molecule has 0 aromatic heterocycles. The Hall–Kier alpha value is -1.76. The fourth-order valence-corrected chi connectivity index (χ4v) is 1.45. The zero-order valence-corrected chi connectivity index (χ0v) is 9.85. The van der Waals surface area contributed by atoms with Gasteiger partial charge < -0.3 is 14.9 Å². The number of aliphatic carboxylic acids is 1. The van der Waals surface area contributed by atoms with Crippen molar-refractivity contribution in [3.63, 3.8) is 0 Å². The quantitative estimate of drug-likeness (QED) is 0.837. The van der Waals surface area contributed by atoms with Crippen molar-refractivity contribution in [2.24, 2.45) is 5.92 Å². The number of aliphatic hydroxyl groups excluding tert-OH is 1. The van der Waals surface area contributed by atoms with E-state index in [1.165, 1.54) is 12.1 Å². The highest BCUT2D eigenvalue weighted by molar-refractivity contribution is 5.70. The maximum Gasteiger partial charge on any atom is 0.419 e. The molecule has 0 saturated heterocycles. The molecule has 19 heavy (non-hydrogen) atoms. The van der Waals surface area contributed by atoms with Crippen LogP contribution in [0.5, 0.6) is 5.75 Å². The van der Waals surface area contributed by atoms with Gasteiger partial charge in [-0.15, -0.1) is 0 Å². The summed E-state index contributed by atoms with van der Waals surface area (Å²) in [5.41, 5.74) is -0.955. The smallest absolute Gasteiger partial charge is 0.419 e. The van der Waals surface area contributed by atoms with Crippen molar-refractivity contribution in [2.75, 3.05) is 13.2 Å². The van der Waals surface area contributed by atoms with Gasteiger partial charge in [0.25, 0.3) is 0 Å². The van der Waals surface area contributed by atoms with E-state index in [0.717, 1.165) is 12.1 Å². The minimum Gasteiger partial charge on any atom is -0.492 e. The second kappa shape index (κ2) is 6.42. The summed E-state index contributed by atoms with van der Waals surface area (Å²) >= 11 is 0. The van der Waals surface area contributed by atoms with Gasteiger partial charge in [0.1, 0.15) is 12.4 Å². The number of carboxylic acid groups (broad SMARTS) is 1. The molecule has 0 aliphatic heterocycles. The molecule has 7 heteroatoms. The molecule has 0 aliphatic carbocycles. The van der Waals surface area contributed by atoms with E-state index in [1.807, 2.05) is 0 Å². The maximum atomic E-state index is 12.6. The molecule has 1 unspecified atom stereocenters. The first-order valence-electron chi connectivity index (χ1n) is 5.49. The molecule has 2 N–H and O–H groups in total. The zero-order valence-electron chi connectivity index (χ0n) is 9.85. The molecule has 1 atom stereocenters. The number of alkyl halides is 3. The highest BCUT2D eigenvalue weighted by atomic mass is 19.4. The molecule has 0 aliphatic rings. The van der Waals surface area contributed by atoms with E-state index in [2.05, 4.69) is 0 Å². The Labute approximate surface area is 107 Å². The summed E-state index contributed by atoms with van der Waals surface area (Å²) in [4.78, 5) is 10.8. The van der Waals surface area contributed by atoms with Crippen LogP contribution < -0.4 is 4.74 Å². The van der Waals surface area contributed by atoms with E-state index in [4.69, 9.17) is 14.9 Å². The Balaban J connectivity index is 2.80. The highest BCUT2D eigenvalue weighted by Crippen LogP contribution is 2.36. The summed E-state index contributed by atoms with van der Waals surface area (Å²) in [6.07, 6.45) is -4.64. The molecular weight excluding hydrogens is 265 g/mol. The van der Waals surface area contributed by atoms with E-state index in [-0.39, 0.29) is 13.0 Å². The summed E-state index contributed by atoms with van der Waals surface area (Å²) in [6, 6.07) is 4.57. The van der Waals surface area contributed by atoms with Crippen LogP contribution in [0.2, 0.25) is 0 Å². The SMILES string of the molecule is O=C(O)C(CCO)COc1ccccc1C(F)(F)F. The lowest BCUT2D eigenvalue weighted by molar-refractivity contribution is -0.143. The second-order valence-corrected chi connectivity index (χ2v) is 3.85. The van der Waals surface area contributed by atoms with Crippen LogP contribution in [-0.2, 0) is 11.0 Å². The Kier molecular flexibility index (Phi) is 5.17. The van der Waals surface area contributed by atoms with Crippen LogP contribution in [0.1, 0.15) is 12.0 Å². The van der Waals surface area contributed by atoms with Crippen LogP contribution in [-0.4, -0.2) is 29.4 Å². The maximum absolute atomic E-state index is 12.6. The van der Waals surface area contributed by atoms with Crippen LogP contribution in [0.3, 0.4) is 0 Å². The van der Waals surface area contributed by atoms with Crippen molar-refractivity contribution in [2.45, 2.75) is 12.6 Å². The van der Waals surface area contributed by atoms with Gasteiger partial charge in [-0.1, -0.05) is 12.1 Å². The van der Waals surface area contributed by atoms with Crippen LogP contribution in [0, 0.1) is 5.92 Å². The molecule has 106 valence electrons. The summed E-state index contributed by atoms with van der Waals surface area (Å²) in [6.45, 7) is -0.801. The lowest BCUT2D eigenvalue weighted by atomic mass is 10.1. The van der Waals surface area contributed by atoms with Crippen LogP contribution in [0.4, 0.5) is 13.2 Å². The average molecular weight is 278 g/mol. The third kappa shape index (κ3) is 4.44. The van der Waals surface area contributed by atoms with E-state index in [0.29, 0.717) is 0 Å². The van der Waals surface area contributed by atoms with E-state index in [1.54, 1.807) is 0 Å². The van der Waals surface area contributed by atoms with E-state index < -0.39 is 36.0 Å². The van der Waals surface area contributed by atoms with Gasteiger partial charge in [0.2, 0.25) is 0 Å². The fourth-order valence-electron chi connectivity index (χ4n) is 1.45. The number of carboxylic acids is 1. The number of aliphatic hydroxyl groups is 1. The summed E-state index contributed by atoms with van der Waals surface area (Å²) in [7, 11) is 0. The van der Waals surface area contributed by atoms with E-state index >= 15 is 0 Å². The van der Waals surface area contributed by atoms with Crippen molar-refractivity contribution in [1.29, 1.82) is 0 Å². The summed E-state index contributed by atoms with van der Waals surface area (Å²) < 4.78 is 42.9. The van der Waals surface area contributed by atoms with Crippen molar-refractivity contribution in [3.05, 3.63) is 29.8 Å². The first kappa shape index (κ1) is 15.3. The van der Waals surface area contributed by atoms with E-state index in [9.17, 15) is 18.0 Å². The number of carbonyl (C=O) groups is 1. The van der Waals surface area contributed by atoms with Gasteiger partial charge in [-0.2, -0.15) is 13.2 Å². The third-order valence-corrected chi connectivity index (χ3v) is 2.46. The lowest BCUT2D eigenvalue weighted by Crippen LogP contribution is -2.23. The average Bonchev–Trinajstić information content (AvgIpc) is 2.33. The van der Waals surface area contributed by atoms with Gasteiger partial charge >= 0.3 is 12.1 Å². The van der Waals surface area contributed by atoms with Crippen molar-refractivity contribution >= 4 is 5.97 Å². The van der Waals surface area contributed by atoms with Crippen molar-refractivity contribution in [3.8, 4) is 5.75 Å². The van der Waals surface area contributed by atoms with Gasteiger partial charge in [-0.25, -0.2) is 0 Å². The van der Waals surface area contributed by atoms with Crippen LogP contribution in [0.15, 0.2) is 24.3 Å². The predicted molar refractivity (Wildman–Crippen MR) is 59.8 cm³/mol. The van der Waals surface area contributed by atoms with Crippen LogP contribution >= 0.6 is 0 Å². The first-order valence-corrected chi connectivity index (χ1v) is 5.49. The summed E-state index contributed by atoms with van der Waals surface area (Å²) in [5.74, 6) is -2.69. The molecule has 0 radical (unpaired) electrons. The monoisotopic (exact) mass is 278 g/mol. The molecule has 0 spiro atoms. The normalized spacial score (nSPS) is 13.1. The molecule has 4 nitrogen and oxygen atoms in total. The zero-order chi connectivity index (χ0) is 14.5. The number of ether oxygens (including phenoxy) is 1. The molecule has 0 bridgehead atoms. The number of benzene rings is 1. The third-order valence-electron chi connectivity index (χ3n) is 2.46. The predicted octanol–water partition coefficient (Wildman–Crippen LogP) is 2.17. The molecule has 0 fully saturated rings. The first-order chi connectivity index (χ1) is 8.86. The molecular formula is C12H13F3O4. The molecule has 0 saturated carbocycles. The number of para-hydroxylation sites is 1. The number of hydrogen-bond donors (Lipinski definition) is 2. The van der Waals surface area contributed by atoms with Crippen LogP contribution in [0.25, 0.3) is 0 Å². The number of hydrogen-bond acceptors (Lipinski definition) is 3. The molecule has 1 aromatic rings. The Morgan fingerprint density at radius 3 is 2.47 bits per heavy atom. The Morgan fingerprint density at radius 2 is 1.95 bits per heavy atom. The lowest BCUT2D eigenvalue weighted by Gasteiger charge is -2.16. The van der Waals surface area contributed by atoms with Gasteiger partial charge in [0.05, 0.1) is 11.5 Å². The largest absolute Gasteiger partial charge is 0.492 e. The number of halogens is 3. The van der Waals surface area contributed by atoms with Gasteiger partial charge in [0, 0.05) is 6.61 Å². The highest BCUT2D eigenvalue weighted by Gasteiger charge is 2.34. The molecule has 0 heterocycles. The second-order valence-electron chi connectivity index (χ2n) is 3.85. The van der Waals surface area contributed by atoms with Gasteiger partial charge in [0.15, 0.2) is 0 Å². The molecule has 0 amide bonds. The minimum absolute atomic E-state index is 0.0798. The minimum atomic E-state index is -4.56. The fraction of sp³-hybridized carbons (Fsp3) is 0.417. The standard InChI is InChI=1S/C12H13F3O4/c13-12(14,15)9-3-1-2-4-10(9)19-7-8(5-6-16)11(17)18/h1-4,8,16H,5-7H2,(H,17,18). The molecule has 1 aromatic carbocycles. The Morgan fingerprint density at radius 1 is 1.32 bits per heavy atom. The summed E-state index contributed by atoms with van der Waals surface area (Å²) in [5, 5.41) is 17.5. The topological polar surface area (TPSA) is 66.8 Å². The number of rotatable bonds is 6. The van der Waals surface area contributed by atoms with Gasteiger partial charge in [-0.05, 0) is 18.6 Å².